The molecule has 2 aromatic carbocycles. The van der Waals surface area contributed by atoms with Crippen LogP contribution >= 0.6 is 11.6 Å². The molecule has 0 aliphatic carbocycles. The van der Waals surface area contributed by atoms with E-state index in [-0.39, 0.29) is 5.82 Å². The van der Waals surface area contributed by atoms with Crippen molar-refractivity contribution in [1.82, 2.24) is 5.32 Å². The second-order valence-corrected chi connectivity index (χ2v) is 4.71. The minimum atomic E-state index is -0.184. The Morgan fingerprint density at radius 3 is 2.39 bits per heavy atom. The number of halogens is 2. The third-order valence-corrected chi connectivity index (χ3v) is 3.26. The first kappa shape index (κ1) is 13.1. The molecular weight excluding hydrogens is 249 g/mol. The quantitative estimate of drug-likeness (QED) is 0.876. The average molecular weight is 264 g/mol. The van der Waals surface area contributed by atoms with Gasteiger partial charge in [-0.25, -0.2) is 4.39 Å². The van der Waals surface area contributed by atoms with Crippen molar-refractivity contribution < 1.29 is 4.39 Å². The van der Waals surface area contributed by atoms with Crippen LogP contribution in [0.5, 0.6) is 0 Å². The van der Waals surface area contributed by atoms with Crippen LogP contribution in [0.25, 0.3) is 11.1 Å². The summed E-state index contributed by atoms with van der Waals surface area (Å²) in [5, 5.41) is 3.79. The summed E-state index contributed by atoms with van der Waals surface area (Å²) in [4.78, 5) is 0. The smallest absolute Gasteiger partial charge is 0.126 e. The molecule has 3 heteroatoms. The van der Waals surface area contributed by atoms with E-state index in [0.717, 1.165) is 28.3 Å². The highest BCUT2D eigenvalue weighted by Gasteiger charge is 2.05. The van der Waals surface area contributed by atoms with Gasteiger partial charge in [-0.05, 0) is 54.4 Å². The van der Waals surface area contributed by atoms with Gasteiger partial charge in [-0.2, -0.15) is 0 Å². The number of aryl methyl sites for hydroxylation is 1. The molecule has 0 aliphatic heterocycles. The van der Waals surface area contributed by atoms with Crippen LogP contribution in [-0.4, -0.2) is 7.05 Å². The second kappa shape index (κ2) is 5.51. The molecule has 1 N–H and O–H groups in total. The molecule has 2 rings (SSSR count). The van der Waals surface area contributed by atoms with Gasteiger partial charge in [0.25, 0.3) is 0 Å². The van der Waals surface area contributed by atoms with Gasteiger partial charge in [0.1, 0.15) is 5.82 Å². The second-order valence-electron chi connectivity index (χ2n) is 4.30. The maximum absolute atomic E-state index is 13.2. The molecule has 0 radical (unpaired) electrons. The van der Waals surface area contributed by atoms with E-state index in [1.807, 2.05) is 31.3 Å². The zero-order valence-corrected chi connectivity index (χ0v) is 11.2. The van der Waals surface area contributed by atoms with Gasteiger partial charge in [-0.1, -0.05) is 29.8 Å². The summed E-state index contributed by atoms with van der Waals surface area (Å²) in [7, 11) is 1.88. The third-order valence-electron chi connectivity index (χ3n) is 2.91. The zero-order valence-electron chi connectivity index (χ0n) is 10.4. The molecule has 18 heavy (non-hydrogen) atoms. The Bertz CT molecular complexity index is 566. The van der Waals surface area contributed by atoms with E-state index < -0.39 is 0 Å². The zero-order chi connectivity index (χ0) is 13.1. The Kier molecular flexibility index (Phi) is 4.00. The van der Waals surface area contributed by atoms with Crippen molar-refractivity contribution in [2.24, 2.45) is 0 Å². The molecule has 0 spiro atoms. The number of benzene rings is 2. The lowest BCUT2D eigenvalue weighted by Crippen LogP contribution is -2.05. The van der Waals surface area contributed by atoms with Crippen LogP contribution in [0.4, 0.5) is 4.39 Å². The molecule has 0 aliphatic rings. The predicted octanol–water partition coefficient (Wildman–Crippen LogP) is 4.17. The van der Waals surface area contributed by atoms with Gasteiger partial charge in [-0.3, -0.25) is 0 Å². The largest absolute Gasteiger partial charge is 0.316 e. The highest BCUT2D eigenvalue weighted by atomic mass is 35.5. The molecule has 0 saturated heterocycles. The minimum absolute atomic E-state index is 0.184. The van der Waals surface area contributed by atoms with Crippen LogP contribution < -0.4 is 5.32 Å². The summed E-state index contributed by atoms with van der Waals surface area (Å²) >= 11 is 6.22. The van der Waals surface area contributed by atoms with Crippen molar-refractivity contribution in [2.75, 3.05) is 7.05 Å². The first-order valence-electron chi connectivity index (χ1n) is 5.81. The fourth-order valence-electron chi connectivity index (χ4n) is 1.88. The lowest BCUT2D eigenvalue weighted by atomic mass is 10.0. The summed E-state index contributed by atoms with van der Waals surface area (Å²) in [6.07, 6.45) is 0. The standard InChI is InChI=1S/C15H15ClFN/c1-10-7-11(5-6-15(10)17)12-3-4-13(9-18-2)14(16)8-12/h3-8,18H,9H2,1-2H3. The fourth-order valence-corrected chi connectivity index (χ4v) is 2.13. The molecule has 94 valence electrons. The third kappa shape index (κ3) is 2.71. The van der Waals surface area contributed by atoms with Gasteiger partial charge >= 0.3 is 0 Å². The number of rotatable bonds is 3. The van der Waals surface area contributed by atoms with Gasteiger partial charge < -0.3 is 5.32 Å². The van der Waals surface area contributed by atoms with Crippen LogP contribution in [0, 0.1) is 12.7 Å². The summed E-state index contributed by atoms with van der Waals surface area (Å²) in [6.45, 7) is 2.50. The lowest BCUT2D eigenvalue weighted by Gasteiger charge is -2.08. The summed E-state index contributed by atoms with van der Waals surface area (Å²) in [6, 6.07) is 11.0. The fraction of sp³-hybridized carbons (Fsp3) is 0.200. The molecule has 0 amide bonds. The van der Waals surface area contributed by atoms with E-state index in [9.17, 15) is 4.39 Å². The van der Waals surface area contributed by atoms with E-state index in [0.29, 0.717) is 5.56 Å². The van der Waals surface area contributed by atoms with Gasteiger partial charge in [0.05, 0.1) is 0 Å². The molecular formula is C15H15ClFN. The van der Waals surface area contributed by atoms with Crippen LogP contribution in [0.1, 0.15) is 11.1 Å². The Balaban J connectivity index is 2.39. The number of hydrogen-bond donors (Lipinski definition) is 1. The van der Waals surface area contributed by atoms with Gasteiger partial charge in [0.15, 0.2) is 0 Å². The highest BCUT2D eigenvalue weighted by molar-refractivity contribution is 6.31. The number of hydrogen-bond acceptors (Lipinski definition) is 1. The van der Waals surface area contributed by atoms with Crippen LogP contribution in [0.2, 0.25) is 5.02 Å². The maximum Gasteiger partial charge on any atom is 0.126 e. The molecule has 0 heterocycles. The Morgan fingerprint density at radius 1 is 1.11 bits per heavy atom. The molecule has 0 fully saturated rings. The van der Waals surface area contributed by atoms with Crippen molar-refractivity contribution in [3.05, 3.63) is 58.4 Å². The molecule has 0 unspecified atom stereocenters. The number of nitrogens with one attached hydrogen (secondary N) is 1. The molecule has 2 aromatic rings. The van der Waals surface area contributed by atoms with Gasteiger partial charge in [-0.15, -0.1) is 0 Å². The topological polar surface area (TPSA) is 12.0 Å². The molecule has 0 bridgehead atoms. The SMILES string of the molecule is CNCc1ccc(-c2ccc(F)c(C)c2)cc1Cl. The van der Waals surface area contributed by atoms with E-state index in [4.69, 9.17) is 11.6 Å². The Morgan fingerprint density at radius 2 is 1.78 bits per heavy atom. The Labute approximate surface area is 112 Å². The van der Waals surface area contributed by atoms with Crippen LogP contribution in [0.15, 0.2) is 36.4 Å². The summed E-state index contributed by atoms with van der Waals surface area (Å²) in [5.74, 6) is -0.184. The van der Waals surface area contributed by atoms with Crippen molar-refractivity contribution in [3.63, 3.8) is 0 Å². The van der Waals surface area contributed by atoms with Crippen LogP contribution in [0.3, 0.4) is 0 Å². The van der Waals surface area contributed by atoms with Crippen molar-refractivity contribution in [1.29, 1.82) is 0 Å². The minimum Gasteiger partial charge on any atom is -0.316 e. The summed E-state index contributed by atoms with van der Waals surface area (Å²) in [5.41, 5.74) is 3.68. The van der Waals surface area contributed by atoms with E-state index in [1.165, 1.54) is 6.07 Å². The first-order valence-corrected chi connectivity index (χ1v) is 6.19. The molecule has 0 aromatic heterocycles. The molecule has 0 saturated carbocycles. The van der Waals surface area contributed by atoms with E-state index >= 15 is 0 Å². The van der Waals surface area contributed by atoms with Crippen molar-refractivity contribution in [2.45, 2.75) is 13.5 Å². The predicted molar refractivity (Wildman–Crippen MR) is 74.3 cm³/mol. The molecule has 0 atom stereocenters. The van der Waals surface area contributed by atoms with Gasteiger partial charge in [0, 0.05) is 11.6 Å². The Hall–Kier alpha value is -1.38. The summed E-state index contributed by atoms with van der Waals surface area (Å²) < 4.78 is 13.2. The normalized spacial score (nSPS) is 10.7. The maximum atomic E-state index is 13.2. The lowest BCUT2D eigenvalue weighted by molar-refractivity contribution is 0.619. The van der Waals surface area contributed by atoms with Crippen molar-refractivity contribution in [3.8, 4) is 11.1 Å². The highest BCUT2D eigenvalue weighted by Crippen LogP contribution is 2.26. The monoisotopic (exact) mass is 263 g/mol. The molecule has 1 nitrogen and oxygen atoms in total. The van der Waals surface area contributed by atoms with E-state index in [2.05, 4.69) is 5.32 Å². The van der Waals surface area contributed by atoms with Gasteiger partial charge in [0.2, 0.25) is 0 Å². The van der Waals surface area contributed by atoms with E-state index in [1.54, 1.807) is 13.0 Å². The van der Waals surface area contributed by atoms with Crippen LogP contribution in [-0.2, 0) is 6.54 Å². The van der Waals surface area contributed by atoms with Crippen molar-refractivity contribution >= 4 is 11.6 Å². The first-order chi connectivity index (χ1) is 8.61. The average Bonchev–Trinajstić information content (AvgIpc) is 2.35.